The lowest BCUT2D eigenvalue weighted by Crippen LogP contribution is -2.60. The fourth-order valence-corrected chi connectivity index (χ4v) is 5.32. The fraction of sp³-hybridized carbons (Fsp3) is 0.938. The van der Waals surface area contributed by atoms with Gasteiger partial charge in [0.1, 0.15) is 6.04 Å². The summed E-state index contributed by atoms with van der Waals surface area (Å²) in [4.78, 5) is 14.1. The molecule has 2 saturated heterocycles. The Hall–Kier alpha value is -0.700. The molecule has 0 radical (unpaired) electrons. The van der Waals surface area contributed by atoms with Crippen LogP contribution < -0.4 is 0 Å². The Bertz CT molecular complexity index is 517. The van der Waals surface area contributed by atoms with Crippen LogP contribution in [0.5, 0.6) is 0 Å². The number of piperazine rings is 1. The van der Waals surface area contributed by atoms with Crippen LogP contribution in [0.25, 0.3) is 0 Å². The van der Waals surface area contributed by atoms with E-state index >= 15 is 0 Å². The third kappa shape index (κ3) is 4.28. The summed E-state index contributed by atoms with van der Waals surface area (Å²) < 4.78 is 34.3. The Morgan fingerprint density at radius 2 is 1.83 bits per heavy atom. The lowest BCUT2D eigenvalue weighted by atomic mass is 9.99. The Morgan fingerprint density at radius 1 is 1.17 bits per heavy atom. The molecule has 0 N–H and O–H groups in total. The van der Waals surface area contributed by atoms with Crippen LogP contribution in [0.4, 0.5) is 0 Å². The van der Waals surface area contributed by atoms with Gasteiger partial charge in [-0.1, -0.05) is 19.8 Å². The Kier molecular flexibility index (Phi) is 7.03. The summed E-state index contributed by atoms with van der Waals surface area (Å²) in [6, 6.07) is -0.551. The first-order valence-electron chi connectivity index (χ1n) is 8.92. The predicted molar refractivity (Wildman–Crippen MR) is 92.7 cm³/mol. The summed E-state index contributed by atoms with van der Waals surface area (Å²) in [6.07, 6.45) is 4.03. The molecule has 0 aliphatic carbocycles. The molecular formula is C16H31N3O4S. The maximum Gasteiger partial charge on any atom is 0.282 e. The molecule has 0 aromatic heterocycles. The third-order valence-corrected chi connectivity index (χ3v) is 7.14. The van der Waals surface area contributed by atoms with Gasteiger partial charge in [-0.25, -0.2) is 0 Å². The van der Waals surface area contributed by atoms with E-state index < -0.39 is 16.3 Å². The van der Waals surface area contributed by atoms with Crippen LogP contribution in [0, 0.1) is 5.92 Å². The van der Waals surface area contributed by atoms with Crippen molar-refractivity contribution in [3.8, 4) is 0 Å². The van der Waals surface area contributed by atoms with E-state index in [9.17, 15) is 13.2 Å². The number of carbonyl (C=O) groups excluding carboxylic acids is 1. The lowest BCUT2D eigenvalue weighted by molar-refractivity contribution is -0.137. The largest absolute Gasteiger partial charge is 0.384 e. The van der Waals surface area contributed by atoms with Crippen LogP contribution in [-0.4, -0.2) is 80.8 Å². The molecule has 2 aliphatic rings. The van der Waals surface area contributed by atoms with Crippen LogP contribution in [0.1, 0.15) is 39.0 Å². The SMILES string of the molecule is CCCCC1C(=O)N(C)CCN1S(=O)(=O)N1CCC(COC)CC1. The van der Waals surface area contributed by atoms with E-state index in [4.69, 9.17) is 4.74 Å². The van der Waals surface area contributed by atoms with Crippen molar-refractivity contribution in [3.63, 3.8) is 0 Å². The number of carbonyl (C=O) groups is 1. The Morgan fingerprint density at radius 3 is 2.42 bits per heavy atom. The number of piperidine rings is 1. The van der Waals surface area contributed by atoms with Gasteiger partial charge in [0, 0.05) is 46.9 Å². The van der Waals surface area contributed by atoms with Gasteiger partial charge in [-0.2, -0.15) is 17.0 Å². The average molecular weight is 362 g/mol. The number of unbranched alkanes of at least 4 members (excludes halogenated alkanes) is 1. The van der Waals surface area contributed by atoms with E-state index in [-0.39, 0.29) is 5.91 Å². The number of methoxy groups -OCH3 is 1. The smallest absolute Gasteiger partial charge is 0.282 e. The summed E-state index contributed by atoms with van der Waals surface area (Å²) in [5.74, 6) is 0.346. The summed E-state index contributed by atoms with van der Waals surface area (Å²) in [7, 11) is -0.152. The van der Waals surface area contributed by atoms with Crippen molar-refractivity contribution in [1.29, 1.82) is 0 Å². The Labute approximate surface area is 146 Å². The summed E-state index contributed by atoms with van der Waals surface area (Å²) in [5, 5.41) is 0. The molecule has 8 heteroatoms. The second-order valence-corrected chi connectivity index (χ2v) is 8.72. The quantitative estimate of drug-likeness (QED) is 0.676. The normalized spacial score (nSPS) is 25.4. The molecule has 1 unspecified atom stereocenters. The molecule has 0 bridgehead atoms. The van der Waals surface area contributed by atoms with Crippen molar-refractivity contribution in [2.24, 2.45) is 5.92 Å². The highest BCUT2D eigenvalue weighted by atomic mass is 32.2. The zero-order chi connectivity index (χ0) is 17.7. The molecule has 0 aromatic rings. The van der Waals surface area contributed by atoms with Gasteiger partial charge in [0.25, 0.3) is 10.2 Å². The molecule has 7 nitrogen and oxygen atoms in total. The number of hydrogen-bond donors (Lipinski definition) is 0. The molecule has 1 amide bonds. The number of hydrogen-bond acceptors (Lipinski definition) is 4. The molecule has 0 saturated carbocycles. The maximum absolute atomic E-state index is 13.1. The van der Waals surface area contributed by atoms with Gasteiger partial charge < -0.3 is 9.64 Å². The van der Waals surface area contributed by atoms with Crippen molar-refractivity contribution in [2.75, 3.05) is 46.9 Å². The van der Waals surface area contributed by atoms with Gasteiger partial charge in [0.2, 0.25) is 5.91 Å². The van der Waals surface area contributed by atoms with Crippen LogP contribution >= 0.6 is 0 Å². The molecule has 0 aromatic carbocycles. The van der Waals surface area contributed by atoms with E-state index in [2.05, 4.69) is 6.92 Å². The number of nitrogens with zero attached hydrogens (tertiary/aromatic N) is 3. The minimum Gasteiger partial charge on any atom is -0.384 e. The number of amides is 1. The molecule has 140 valence electrons. The van der Waals surface area contributed by atoms with Gasteiger partial charge in [-0.15, -0.1) is 0 Å². The highest BCUT2D eigenvalue weighted by Crippen LogP contribution is 2.26. The molecular weight excluding hydrogens is 330 g/mol. The van der Waals surface area contributed by atoms with Crippen LogP contribution in [-0.2, 0) is 19.7 Å². The first kappa shape index (κ1) is 19.6. The fourth-order valence-electron chi connectivity index (χ4n) is 3.52. The van der Waals surface area contributed by atoms with Crippen molar-refractivity contribution in [1.82, 2.24) is 13.5 Å². The summed E-state index contributed by atoms with van der Waals surface area (Å²) in [6.45, 7) is 4.60. The second-order valence-electron chi connectivity index (χ2n) is 6.83. The predicted octanol–water partition coefficient (Wildman–Crippen LogP) is 0.922. The molecule has 2 fully saturated rings. The monoisotopic (exact) mass is 361 g/mol. The minimum atomic E-state index is -3.58. The molecule has 2 heterocycles. The van der Waals surface area contributed by atoms with E-state index in [0.717, 1.165) is 25.7 Å². The Balaban J connectivity index is 2.09. The van der Waals surface area contributed by atoms with Crippen LogP contribution in [0.3, 0.4) is 0 Å². The van der Waals surface area contributed by atoms with Gasteiger partial charge in [-0.05, 0) is 25.2 Å². The summed E-state index contributed by atoms with van der Waals surface area (Å²) in [5.41, 5.74) is 0. The van der Waals surface area contributed by atoms with Gasteiger partial charge in [0.15, 0.2) is 0 Å². The summed E-state index contributed by atoms with van der Waals surface area (Å²) >= 11 is 0. The van der Waals surface area contributed by atoms with Crippen molar-refractivity contribution < 1.29 is 17.9 Å². The van der Waals surface area contributed by atoms with E-state index in [1.165, 1.54) is 4.31 Å². The molecule has 24 heavy (non-hydrogen) atoms. The zero-order valence-corrected chi connectivity index (χ0v) is 15.9. The molecule has 0 spiro atoms. The van der Waals surface area contributed by atoms with Gasteiger partial charge >= 0.3 is 0 Å². The topological polar surface area (TPSA) is 70.2 Å². The van der Waals surface area contributed by atoms with Crippen LogP contribution in [0.2, 0.25) is 0 Å². The second kappa shape index (κ2) is 8.60. The minimum absolute atomic E-state index is 0.0763. The maximum atomic E-state index is 13.1. The van der Waals surface area contributed by atoms with Crippen LogP contribution in [0.15, 0.2) is 0 Å². The lowest BCUT2D eigenvalue weighted by Gasteiger charge is -2.41. The number of rotatable bonds is 7. The first-order chi connectivity index (χ1) is 11.4. The number of ether oxygens (including phenoxy) is 1. The number of likely N-dealkylation sites (N-methyl/N-ethyl adjacent to an activating group) is 1. The highest BCUT2D eigenvalue weighted by molar-refractivity contribution is 7.86. The van der Waals surface area contributed by atoms with Crippen molar-refractivity contribution in [3.05, 3.63) is 0 Å². The average Bonchev–Trinajstić information content (AvgIpc) is 2.57. The van der Waals surface area contributed by atoms with E-state index in [0.29, 0.717) is 45.1 Å². The van der Waals surface area contributed by atoms with Crippen molar-refractivity contribution >= 4 is 16.1 Å². The van der Waals surface area contributed by atoms with E-state index in [1.807, 2.05) is 0 Å². The van der Waals surface area contributed by atoms with E-state index in [1.54, 1.807) is 23.4 Å². The standard InChI is InChI=1S/C16H31N3O4S/c1-4-5-6-15-16(20)17(2)11-12-19(15)24(21,22)18-9-7-14(8-10-18)13-23-3/h14-15H,4-13H2,1-3H3. The van der Waals surface area contributed by atoms with Gasteiger partial charge in [-0.3, -0.25) is 4.79 Å². The zero-order valence-electron chi connectivity index (χ0n) is 15.1. The molecule has 1 atom stereocenters. The first-order valence-corrected chi connectivity index (χ1v) is 10.3. The highest BCUT2D eigenvalue weighted by Gasteiger charge is 2.42. The van der Waals surface area contributed by atoms with Crippen molar-refractivity contribution in [2.45, 2.75) is 45.1 Å². The molecule has 2 aliphatic heterocycles. The third-order valence-electron chi connectivity index (χ3n) is 5.09. The van der Waals surface area contributed by atoms with Gasteiger partial charge in [0.05, 0.1) is 0 Å². The molecule has 2 rings (SSSR count).